The summed E-state index contributed by atoms with van der Waals surface area (Å²) in [6.45, 7) is 0. The molecule has 6 heteroatoms. The molecule has 4 rings (SSSR count). The summed E-state index contributed by atoms with van der Waals surface area (Å²) >= 11 is 0. The molecule has 0 spiro atoms. The van der Waals surface area contributed by atoms with Crippen molar-refractivity contribution in [3.8, 4) is 11.1 Å². The molecule has 25 heavy (non-hydrogen) atoms. The zero-order chi connectivity index (χ0) is 17.8. The summed E-state index contributed by atoms with van der Waals surface area (Å²) in [6, 6.07) is 13.2. The van der Waals surface area contributed by atoms with Gasteiger partial charge in [-0.2, -0.15) is 13.2 Å². The predicted molar refractivity (Wildman–Crippen MR) is 86.2 cm³/mol. The Balaban J connectivity index is 1.91. The van der Waals surface area contributed by atoms with Crippen LogP contribution in [0.3, 0.4) is 0 Å². The molecule has 1 N–H and O–H groups in total. The first-order chi connectivity index (χ1) is 11.8. The highest BCUT2D eigenvalue weighted by molar-refractivity contribution is 6.26. The number of carbonyl (C=O) groups is 2. The smallest absolute Gasteiger partial charge is 0.288 e. The van der Waals surface area contributed by atoms with Crippen molar-refractivity contribution in [3.05, 3.63) is 71.3 Å². The van der Waals surface area contributed by atoms with Gasteiger partial charge in [-0.3, -0.25) is 14.9 Å². The van der Waals surface area contributed by atoms with Gasteiger partial charge in [-0.1, -0.05) is 24.3 Å². The van der Waals surface area contributed by atoms with Gasteiger partial charge in [0.25, 0.3) is 11.8 Å². The minimum atomic E-state index is -4.40. The Bertz CT molecular complexity index is 1040. The number of alkyl halides is 3. The van der Waals surface area contributed by atoms with E-state index < -0.39 is 23.6 Å². The van der Waals surface area contributed by atoms with Crippen LogP contribution in [0, 0.1) is 0 Å². The Kier molecular flexibility index (Phi) is 3.18. The van der Waals surface area contributed by atoms with Gasteiger partial charge >= 0.3 is 6.18 Å². The number of carbonyl (C=O) groups excluding carboxylic acids is 2. The first-order valence-corrected chi connectivity index (χ1v) is 7.45. The summed E-state index contributed by atoms with van der Waals surface area (Å²) in [5.41, 5.74) is 1.18. The quantitative estimate of drug-likeness (QED) is 0.667. The van der Waals surface area contributed by atoms with Crippen molar-refractivity contribution >= 4 is 22.6 Å². The van der Waals surface area contributed by atoms with Crippen molar-refractivity contribution in [1.29, 1.82) is 0 Å². The molecule has 1 aliphatic rings. The Morgan fingerprint density at radius 2 is 1.44 bits per heavy atom. The number of halogens is 3. The monoisotopic (exact) mass is 341 g/mol. The Hall–Kier alpha value is -3.15. The average molecular weight is 341 g/mol. The van der Waals surface area contributed by atoms with E-state index in [1.54, 1.807) is 30.3 Å². The molecule has 3 aromatic carbocycles. The molecule has 2 amide bonds. The van der Waals surface area contributed by atoms with Gasteiger partial charge in [0.15, 0.2) is 0 Å². The Morgan fingerprint density at radius 1 is 0.760 bits per heavy atom. The van der Waals surface area contributed by atoms with Crippen LogP contribution in [-0.4, -0.2) is 11.8 Å². The number of amides is 2. The fourth-order valence-electron chi connectivity index (χ4n) is 3.05. The summed E-state index contributed by atoms with van der Waals surface area (Å²) in [7, 11) is 0. The highest BCUT2D eigenvalue weighted by atomic mass is 19.4. The maximum atomic E-state index is 12.7. The second-order valence-electron chi connectivity index (χ2n) is 5.79. The molecule has 0 radical (unpaired) electrons. The normalized spacial score (nSPS) is 13.9. The molecule has 3 aromatic rings. The number of imide groups is 1. The van der Waals surface area contributed by atoms with Crippen LogP contribution in [0.25, 0.3) is 21.9 Å². The largest absolute Gasteiger partial charge is 0.416 e. The van der Waals surface area contributed by atoms with Crippen molar-refractivity contribution in [2.24, 2.45) is 0 Å². The SMILES string of the molecule is O=C1NC(=O)c2cc(-c3ccc(C(F)(F)F)cc3)cc3cccc1c23. The van der Waals surface area contributed by atoms with Crippen molar-refractivity contribution in [1.82, 2.24) is 5.32 Å². The molecule has 0 fully saturated rings. The molecular weight excluding hydrogens is 331 g/mol. The van der Waals surface area contributed by atoms with E-state index in [9.17, 15) is 22.8 Å². The van der Waals surface area contributed by atoms with Crippen LogP contribution in [0.2, 0.25) is 0 Å². The van der Waals surface area contributed by atoms with Gasteiger partial charge in [0.05, 0.1) is 5.56 Å². The number of hydrogen-bond acceptors (Lipinski definition) is 2. The molecule has 0 bridgehead atoms. The summed E-state index contributed by atoms with van der Waals surface area (Å²) in [4.78, 5) is 24.1. The van der Waals surface area contributed by atoms with Gasteiger partial charge in [0.1, 0.15) is 0 Å². The predicted octanol–water partition coefficient (Wildman–Crippen LogP) is 4.41. The molecule has 0 unspecified atom stereocenters. The fourth-order valence-corrected chi connectivity index (χ4v) is 3.05. The van der Waals surface area contributed by atoms with E-state index in [1.807, 2.05) is 0 Å². The lowest BCUT2D eigenvalue weighted by molar-refractivity contribution is -0.137. The van der Waals surface area contributed by atoms with Crippen molar-refractivity contribution < 1.29 is 22.8 Å². The molecule has 0 saturated carbocycles. The first-order valence-electron chi connectivity index (χ1n) is 7.45. The van der Waals surface area contributed by atoms with E-state index in [0.29, 0.717) is 33.0 Å². The van der Waals surface area contributed by atoms with E-state index in [-0.39, 0.29) is 0 Å². The minimum Gasteiger partial charge on any atom is -0.288 e. The number of benzene rings is 3. The molecule has 0 aromatic heterocycles. The van der Waals surface area contributed by atoms with Gasteiger partial charge in [-0.25, -0.2) is 0 Å². The third kappa shape index (κ3) is 2.46. The average Bonchev–Trinajstić information content (AvgIpc) is 2.58. The van der Waals surface area contributed by atoms with Gasteiger partial charge in [-0.15, -0.1) is 0 Å². The third-order valence-corrected chi connectivity index (χ3v) is 4.24. The van der Waals surface area contributed by atoms with E-state index in [0.717, 1.165) is 12.1 Å². The second kappa shape index (κ2) is 5.17. The standard InChI is InChI=1S/C19H10F3NO2/c20-19(21,22)13-6-4-10(5-7-13)12-8-11-2-1-3-14-16(11)15(9-12)18(25)23-17(14)24/h1-9H,(H,23,24,25). The maximum Gasteiger partial charge on any atom is 0.416 e. The maximum absolute atomic E-state index is 12.7. The van der Waals surface area contributed by atoms with Crippen LogP contribution in [0.5, 0.6) is 0 Å². The van der Waals surface area contributed by atoms with Crippen LogP contribution >= 0.6 is 0 Å². The van der Waals surface area contributed by atoms with Gasteiger partial charge in [0, 0.05) is 16.5 Å². The molecular formula is C19H10F3NO2. The number of hydrogen-bond donors (Lipinski definition) is 1. The van der Waals surface area contributed by atoms with Crippen LogP contribution < -0.4 is 5.32 Å². The zero-order valence-corrected chi connectivity index (χ0v) is 12.6. The van der Waals surface area contributed by atoms with Crippen LogP contribution in [-0.2, 0) is 6.18 Å². The summed E-state index contributed by atoms with van der Waals surface area (Å²) in [6.07, 6.45) is -4.40. The third-order valence-electron chi connectivity index (χ3n) is 4.24. The molecule has 0 saturated heterocycles. The van der Waals surface area contributed by atoms with Gasteiger partial charge in [0.2, 0.25) is 0 Å². The van der Waals surface area contributed by atoms with E-state index in [1.165, 1.54) is 12.1 Å². The summed E-state index contributed by atoms with van der Waals surface area (Å²) < 4.78 is 38.1. The highest BCUT2D eigenvalue weighted by Crippen LogP contribution is 2.34. The topological polar surface area (TPSA) is 46.2 Å². The van der Waals surface area contributed by atoms with E-state index in [2.05, 4.69) is 5.32 Å². The summed E-state index contributed by atoms with van der Waals surface area (Å²) in [5, 5.41) is 3.53. The molecule has 0 aliphatic carbocycles. The molecule has 1 heterocycles. The molecule has 0 atom stereocenters. The number of rotatable bonds is 1. The fraction of sp³-hybridized carbons (Fsp3) is 0.0526. The Labute approximate surface area is 140 Å². The van der Waals surface area contributed by atoms with Crippen molar-refractivity contribution in [2.45, 2.75) is 6.18 Å². The lowest BCUT2D eigenvalue weighted by atomic mass is 9.91. The van der Waals surface area contributed by atoms with E-state index in [4.69, 9.17) is 0 Å². The van der Waals surface area contributed by atoms with Crippen LogP contribution in [0.4, 0.5) is 13.2 Å². The van der Waals surface area contributed by atoms with Crippen LogP contribution in [0.1, 0.15) is 26.3 Å². The second-order valence-corrected chi connectivity index (χ2v) is 5.79. The van der Waals surface area contributed by atoms with Crippen molar-refractivity contribution in [2.75, 3.05) is 0 Å². The lowest BCUT2D eigenvalue weighted by Crippen LogP contribution is -2.34. The van der Waals surface area contributed by atoms with Crippen LogP contribution in [0.15, 0.2) is 54.6 Å². The van der Waals surface area contributed by atoms with Crippen molar-refractivity contribution in [3.63, 3.8) is 0 Å². The van der Waals surface area contributed by atoms with Gasteiger partial charge < -0.3 is 0 Å². The van der Waals surface area contributed by atoms with Gasteiger partial charge in [-0.05, 0) is 46.8 Å². The molecule has 1 aliphatic heterocycles. The molecule has 3 nitrogen and oxygen atoms in total. The lowest BCUT2D eigenvalue weighted by Gasteiger charge is -2.18. The first kappa shape index (κ1) is 15.4. The summed E-state index contributed by atoms with van der Waals surface area (Å²) in [5.74, 6) is -0.965. The zero-order valence-electron chi connectivity index (χ0n) is 12.6. The Morgan fingerprint density at radius 3 is 2.12 bits per heavy atom. The van der Waals surface area contributed by atoms with E-state index >= 15 is 0 Å². The molecule has 124 valence electrons. The number of nitrogens with one attached hydrogen (secondary N) is 1. The minimum absolute atomic E-state index is 0.336. The highest BCUT2D eigenvalue weighted by Gasteiger charge is 2.30.